The predicted molar refractivity (Wildman–Crippen MR) is 101 cm³/mol. The quantitative estimate of drug-likeness (QED) is 0.745. The predicted octanol–water partition coefficient (Wildman–Crippen LogP) is 2.96. The van der Waals surface area contributed by atoms with Gasteiger partial charge in [0.1, 0.15) is 5.52 Å². The van der Waals surface area contributed by atoms with Crippen LogP contribution in [-0.4, -0.2) is 36.7 Å². The van der Waals surface area contributed by atoms with Crippen LogP contribution in [0.3, 0.4) is 0 Å². The lowest BCUT2D eigenvalue weighted by Gasteiger charge is -2.16. The molecule has 3 aromatic rings. The molecule has 1 atom stereocenters. The van der Waals surface area contributed by atoms with Crippen molar-refractivity contribution >= 4 is 32.7 Å². The first-order valence-electron chi connectivity index (χ1n) is 8.67. The fraction of sp³-hybridized carbons (Fsp3) is 0.263. The number of hydrogen-bond acceptors (Lipinski definition) is 5. The van der Waals surface area contributed by atoms with Gasteiger partial charge >= 0.3 is 0 Å². The summed E-state index contributed by atoms with van der Waals surface area (Å²) in [5.74, 6) is 0.312. The van der Waals surface area contributed by atoms with E-state index in [1.807, 2.05) is 24.3 Å². The summed E-state index contributed by atoms with van der Waals surface area (Å²) in [4.78, 5) is 15.8. The van der Waals surface area contributed by atoms with Crippen molar-refractivity contribution in [3.8, 4) is 0 Å². The summed E-state index contributed by atoms with van der Waals surface area (Å²) in [5.41, 5.74) is 2.05. The van der Waals surface area contributed by atoms with Gasteiger partial charge in [0.05, 0.1) is 10.8 Å². The molecular formula is C19H19N3O4S. The van der Waals surface area contributed by atoms with E-state index in [9.17, 15) is 13.2 Å². The van der Waals surface area contributed by atoms with Gasteiger partial charge < -0.3 is 9.73 Å². The molecule has 1 unspecified atom stereocenters. The first-order chi connectivity index (χ1) is 12.9. The summed E-state index contributed by atoms with van der Waals surface area (Å²) in [7, 11) is -3.60. The van der Waals surface area contributed by atoms with Crippen molar-refractivity contribution in [1.29, 1.82) is 0 Å². The number of aromatic nitrogens is 1. The highest BCUT2D eigenvalue weighted by atomic mass is 32.2. The van der Waals surface area contributed by atoms with Gasteiger partial charge in [0.25, 0.3) is 0 Å². The van der Waals surface area contributed by atoms with Crippen molar-refractivity contribution in [2.45, 2.75) is 24.2 Å². The molecule has 1 fully saturated rings. The van der Waals surface area contributed by atoms with Crippen molar-refractivity contribution in [3.63, 3.8) is 0 Å². The summed E-state index contributed by atoms with van der Waals surface area (Å²) >= 11 is 0. The highest BCUT2D eigenvalue weighted by Crippen LogP contribution is 2.32. The first-order valence-corrected chi connectivity index (χ1v) is 10.1. The van der Waals surface area contributed by atoms with Crippen molar-refractivity contribution in [2.75, 3.05) is 18.4 Å². The summed E-state index contributed by atoms with van der Waals surface area (Å²) in [6.07, 6.45) is 0.663. The second-order valence-electron chi connectivity index (χ2n) is 6.57. The third-order valence-corrected chi connectivity index (χ3v) is 6.50. The number of fused-ring (bicyclic) bond motifs is 1. The van der Waals surface area contributed by atoms with E-state index in [2.05, 4.69) is 10.3 Å². The molecule has 0 spiro atoms. The third kappa shape index (κ3) is 3.45. The summed E-state index contributed by atoms with van der Waals surface area (Å²) < 4.78 is 33.1. The van der Waals surface area contributed by atoms with Gasteiger partial charge in [-0.15, -0.1) is 0 Å². The van der Waals surface area contributed by atoms with Gasteiger partial charge in [-0.2, -0.15) is 4.31 Å². The van der Waals surface area contributed by atoms with Gasteiger partial charge in [-0.05, 0) is 42.8 Å². The van der Waals surface area contributed by atoms with Gasteiger partial charge in [0, 0.05) is 25.7 Å². The first kappa shape index (κ1) is 17.7. The number of para-hydroxylation sites is 2. The molecule has 1 amide bonds. The number of nitrogens with one attached hydrogen (secondary N) is 1. The van der Waals surface area contributed by atoms with Crippen molar-refractivity contribution in [1.82, 2.24) is 9.29 Å². The Morgan fingerprint density at radius 3 is 2.63 bits per heavy atom. The largest absolute Gasteiger partial charge is 0.440 e. The maximum Gasteiger partial charge on any atom is 0.243 e. The van der Waals surface area contributed by atoms with Crippen LogP contribution >= 0.6 is 0 Å². The third-order valence-electron chi connectivity index (χ3n) is 4.62. The van der Waals surface area contributed by atoms with Crippen LogP contribution in [0, 0.1) is 0 Å². The Morgan fingerprint density at radius 2 is 1.93 bits per heavy atom. The van der Waals surface area contributed by atoms with Crippen molar-refractivity contribution in [3.05, 3.63) is 54.4 Å². The average molecular weight is 385 g/mol. The molecule has 1 aromatic heterocycles. The van der Waals surface area contributed by atoms with Crippen LogP contribution in [0.2, 0.25) is 0 Å². The second kappa shape index (κ2) is 6.79. The number of hydrogen-bond donors (Lipinski definition) is 1. The molecule has 2 aromatic carbocycles. The molecule has 0 radical (unpaired) electrons. The fourth-order valence-electron chi connectivity index (χ4n) is 3.28. The minimum absolute atomic E-state index is 0.0640. The summed E-state index contributed by atoms with van der Waals surface area (Å²) in [5, 5.41) is 2.63. The smallest absolute Gasteiger partial charge is 0.243 e. The Kier molecular flexibility index (Phi) is 4.45. The molecule has 4 rings (SSSR count). The zero-order valence-electron chi connectivity index (χ0n) is 14.8. The van der Waals surface area contributed by atoms with E-state index in [1.165, 1.54) is 23.4 Å². The molecule has 7 nitrogen and oxygen atoms in total. The molecule has 0 saturated carbocycles. The van der Waals surface area contributed by atoms with E-state index in [0.717, 1.165) is 5.52 Å². The maximum atomic E-state index is 12.9. The van der Waals surface area contributed by atoms with E-state index >= 15 is 0 Å². The topological polar surface area (TPSA) is 92.5 Å². The lowest BCUT2D eigenvalue weighted by molar-refractivity contribution is -0.114. The maximum absolute atomic E-state index is 12.9. The monoisotopic (exact) mass is 385 g/mol. The zero-order valence-corrected chi connectivity index (χ0v) is 15.6. The van der Waals surface area contributed by atoms with Crippen LogP contribution in [0.15, 0.2) is 57.8 Å². The molecule has 8 heteroatoms. The fourth-order valence-corrected chi connectivity index (χ4v) is 4.78. The molecule has 0 aliphatic carbocycles. The Bertz CT molecular complexity index is 1060. The molecule has 1 aliphatic heterocycles. The number of rotatable bonds is 4. The Hall–Kier alpha value is -2.71. The van der Waals surface area contributed by atoms with Crippen molar-refractivity contribution < 1.29 is 17.6 Å². The molecule has 1 aliphatic rings. The number of nitrogens with zero attached hydrogens (tertiary/aromatic N) is 2. The number of carbonyl (C=O) groups excluding carboxylic acids is 1. The van der Waals surface area contributed by atoms with E-state index in [0.29, 0.717) is 36.7 Å². The zero-order chi connectivity index (χ0) is 19.0. The molecule has 2 heterocycles. The minimum Gasteiger partial charge on any atom is -0.440 e. The van der Waals surface area contributed by atoms with E-state index in [1.54, 1.807) is 12.1 Å². The standard InChI is InChI=1S/C19H19N3O4S/c1-13(23)20-15-6-8-16(9-7-15)27(24,25)22-11-10-14(12-22)19-21-17-4-2-3-5-18(17)26-19/h2-9,14H,10-12H2,1H3,(H,20,23). The number of anilines is 1. The van der Waals surface area contributed by atoms with E-state index in [4.69, 9.17) is 4.42 Å². The molecular weight excluding hydrogens is 366 g/mol. The average Bonchev–Trinajstić information content (AvgIpc) is 3.29. The van der Waals surface area contributed by atoms with Gasteiger partial charge in [0.15, 0.2) is 11.5 Å². The molecule has 1 N–H and O–H groups in total. The highest BCUT2D eigenvalue weighted by Gasteiger charge is 2.35. The van der Waals surface area contributed by atoms with Gasteiger partial charge in [-0.25, -0.2) is 13.4 Å². The highest BCUT2D eigenvalue weighted by molar-refractivity contribution is 7.89. The Balaban J connectivity index is 1.52. The van der Waals surface area contributed by atoms with Crippen LogP contribution in [0.4, 0.5) is 5.69 Å². The van der Waals surface area contributed by atoms with E-state index in [-0.39, 0.29) is 16.7 Å². The molecule has 1 saturated heterocycles. The van der Waals surface area contributed by atoms with Crippen LogP contribution in [-0.2, 0) is 14.8 Å². The van der Waals surface area contributed by atoms with Crippen LogP contribution in [0.1, 0.15) is 25.2 Å². The number of sulfonamides is 1. The van der Waals surface area contributed by atoms with Crippen molar-refractivity contribution in [2.24, 2.45) is 0 Å². The van der Waals surface area contributed by atoms with Crippen LogP contribution in [0.25, 0.3) is 11.1 Å². The molecule has 140 valence electrons. The normalized spacial score (nSPS) is 18.0. The number of oxazole rings is 1. The molecule has 27 heavy (non-hydrogen) atoms. The lowest BCUT2D eigenvalue weighted by atomic mass is 10.1. The van der Waals surface area contributed by atoms with E-state index < -0.39 is 10.0 Å². The van der Waals surface area contributed by atoms with Gasteiger partial charge in [-0.3, -0.25) is 4.79 Å². The van der Waals surface area contributed by atoms with Crippen LogP contribution in [0.5, 0.6) is 0 Å². The number of carbonyl (C=O) groups is 1. The van der Waals surface area contributed by atoms with Crippen LogP contribution < -0.4 is 5.32 Å². The summed E-state index contributed by atoms with van der Waals surface area (Å²) in [6, 6.07) is 13.7. The van der Waals surface area contributed by atoms with Gasteiger partial charge in [0.2, 0.25) is 15.9 Å². The summed E-state index contributed by atoms with van der Waals surface area (Å²) in [6.45, 7) is 2.16. The Labute approximate surface area is 157 Å². The SMILES string of the molecule is CC(=O)Nc1ccc(S(=O)(=O)N2CCC(c3nc4ccccc4o3)C2)cc1. The minimum atomic E-state index is -3.60. The number of benzene rings is 2. The number of amides is 1. The lowest BCUT2D eigenvalue weighted by Crippen LogP contribution is -2.28. The Morgan fingerprint density at radius 1 is 1.19 bits per heavy atom. The second-order valence-corrected chi connectivity index (χ2v) is 8.51. The van der Waals surface area contributed by atoms with Gasteiger partial charge in [-0.1, -0.05) is 12.1 Å². The molecule has 0 bridgehead atoms.